The normalized spacial score (nSPS) is 14.7. The number of hydrogen-bond donors (Lipinski definition) is 0. The predicted molar refractivity (Wildman–Crippen MR) is 35.1 cm³/mol. The molecule has 0 aliphatic carbocycles. The largest absolute Gasteiger partial charge is 1.00 e. The molecule has 0 aliphatic heterocycles. The molecule has 0 aliphatic rings. The van der Waals surface area contributed by atoms with Crippen LogP contribution in [-0.4, -0.2) is 0 Å². The summed E-state index contributed by atoms with van der Waals surface area (Å²) >= 11 is 0. The van der Waals surface area contributed by atoms with Crippen molar-refractivity contribution in [2.75, 3.05) is 0 Å². The van der Waals surface area contributed by atoms with Gasteiger partial charge in [0.05, 0.1) is 0 Å². The predicted octanol–water partition coefficient (Wildman–Crippen LogP) is -7.85. The summed E-state index contributed by atoms with van der Waals surface area (Å²) in [4.78, 5) is 0. The first-order valence-corrected chi connectivity index (χ1v) is 17.6. The van der Waals surface area contributed by atoms with E-state index in [4.69, 9.17) is 56.5 Å². The Kier molecular flexibility index (Phi) is 31.1. The minimum absolute atomic E-state index is 0. The van der Waals surface area contributed by atoms with Crippen molar-refractivity contribution in [2.24, 2.45) is 0 Å². The first-order chi connectivity index (χ1) is 2.45. The molecular formula is Cl6K4Pt. The third kappa shape index (κ3) is 67.9. The molecule has 0 bridgehead atoms. The van der Waals surface area contributed by atoms with Crippen LogP contribution in [0.3, 0.4) is 0 Å². The standard InChI is InChI=1S/6ClH.4K.Pt/h6*1H;;;;;/q;;;;;;4*+1;+2/p-6. The molecule has 0 aromatic carbocycles. The number of halogens is 6. The molecule has 0 saturated carbocycles. The fourth-order valence-corrected chi connectivity index (χ4v) is 0. The molecule has 0 nitrogen and oxygen atoms in total. The van der Waals surface area contributed by atoms with Crippen LogP contribution >= 0.6 is 56.5 Å². The van der Waals surface area contributed by atoms with Crippen molar-refractivity contribution in [3.05, 3.63) is 0 Å². The molecule has 56 valence electrons. The van der Waals surface area contributed by atoms with Crippen molar-refractivity contribution in [2.45, 2.75) is 0 Å². The maximum atomic E-state index is 5.05. The van der Waals surface area contributed by atoms with Crippen LogP contribution in [0, 0.1) is 0 Å². The summed E-state index contributed by atoms with van der Waals surface area (Å²) in [6.07, 6.45) is 0. The van der Waals surface area contributed by atoms with E-state index in [2.05, 4.69) is 0 Å². The van der Waals surface area contributed by atoms with Gasteiger partial charge in [0, 0.05) is 0 Å². The quantitative estimate of drug-likeness (QED) is 0.257. The van der Waals surface area contributed by atoms with Crippen LogP contribution in [0.25, 0.3) is 0 Å². The second kappa shape index (κ2) is 10.7. The molecular weight excluding hydrogens is 564 g/mol. The van der Waals surface area contributed by atoms with E-state index in [-0.39, 0.29) is 206 Å². The molecule has 0 saturated heterocycles. The zero-order valence-corrected chi connectivity index (χ0v) is 25.9. The van der Waals surface area contributed by atoms with Crippen molar-refractivity contribution in [1.29, 1.82) is 0 Å². The molecule has 0 N–H and O–H groups in total. The summed E-state index contributed by atoms with van der Waals surface area (Å²) < 4.78 is 0. The summed E-state index contributed by atoms with van der Waals surface area (Å²) in [5.74, 6) is 0. The average Bonchev–Trinajstić information content (AvgIpc) is 0.592. The summed E-state index contributed by atoms with van der Waals surface area (Å²) in [5.41, 5.74) is 0. The Hall–Kier alpha value is 8.97. The van der Waals surface area contributed by atoms with Crippen molar-refractivity contribution >= 4 is 56.5 Å². The Labute approximate surface area is 259 Å². The second-order valence-corrected chi connectivity index (χ2v) is 49.9. The van der Waals surface area contributed by atoms with Gasteiger partial charge in [0.25, 0.3) is 0 Å². The van der Waals surface area contributed by atoms with Crippen molar-refractivity contribution in [1.82, 2.24) is 0 Å². The first-order valence-electron chi connectivity index (χ1n) is 0.717. The topological polar surface area (TPSA) is 0 Å². The van der Waals surface area contributed by atoms with Gasteiger partial charge in [-0.1, -0.05) is 0 Å². The number of hydrogen-bond acceptors (Lipinski definition) is 0. The van der Waals surface area contributed by atoms with Crippen molar-refractivity contribution < 1.29 is 213 Å². The van der Waals surface area contributed by atoms with E-state index in [1.54, 1.807) is 0 Å². The van der Waals surface area contributed by atoms with E-state index in [1.165, 1.54) is 0 Å². The summed E-state index contributed by atoms with van der Waals surface area (Å²) in [7, 11) is 25.0. The molecule has 0 radical (unpaired) electrons. The Morgan fingerprint density at radius 3 is 0.455 bits per heavy atom. The van der Waals surface area contributed by atoms with Crippen molar-refractivity contribution in [3.8, 4) is 0 Å². The average molecular weight is 564 g/mol. The molecule has 0 aromatic heterocycles. The van der Waals surface area contributed by atoms with Gasteiger partial charge < -0.3 is 0 Å². The molecule has 0 fully saturated rings. The van der Waals surface area contributed by atoms with E-state index in [1.807, 2.05) is 0 Å². The molecule has 0 amide bonds. The van der Waals surface area contributed by atoms with Crippen LogP contribution in [0.1, 0.15) is 0 Å². The van der Waals surface area contributed by atoms with Crippen LogP contribution in [0.4, 0.5) is 0 Å². The van der Waals surface area contributed by atoms with Gasteiger partial charge in [-0.3, -0.25) is 0 Å². The molecule has 11 heavy (non-hydrogen) atoms. The van der Waals surface area contributed by atoms with E-state index in [0.29, 0.717) is 0 Å². The molecule has 0 atom stereocenters. The maximum Gasteiger partial charge on any atom is 1.00 e. The Bertz CT molecular complexity index is 73.1. The first kappa shape index (κ1) is 32.1. The van der Waals surface area contributed by atoms with Gasteiger partial charge in [-0.25, -0.2) is 0 Å². The fraction of sp³-hybridized carbons (Fsp3) is 0. The van der Waals surface area contributed by atoms with Crippen LogP contribution < -0.4 is 206 Å². The zero-order chi connectivity index (χ0) is 6.41. The molecule has 0 heterocycles. The monoisotopic (exact) mass is 561 g/mol. The molecule has 0 spiro atoms. The van der Waals surface area contributed by atoms with Crippen LogP contribution in [0.2, 0.25) is 0 Å². The van der Waals surface area contributed by atoms with Crippen LogP contribution in [0.15, 0.2) is 0 Å². The number of rotatable bonds is 0. The van der Waals surface area contributed by atoms with Gasteiger partial charge in [-0.05, 0) is 0 Å². The van der Waals surface area contributed by atoms with E-state index >= 15 is 0 Å². The minimum atomic E-state index is -5.29. The van der Waals surface area contributed by atoms with Gasteiger partial charge in [0.2, 0.25) is 0 Å². The Morgan fingerprint density at radius 1 is 0.455 bits per heavy atom. The van der Waals surface area contributed by atoms with Gasteiger partial charge in [0.15, 0.2) is 0 Å². The van der Waals surface area contributed by atoms with Gasteiger partial charge in [-0.15, -0.1) is 0 Å². The Morgan fingerprint density at radius 2 is 0.455 bits per heavy atom. The minimum Gasteiger partial charge on any atom is 1.00 e. The van der Waals surface area contributed by atoms with E-state index < -0.39 is 7.31 Å². The fourth-order valence-electron chi connectivity index (χ4n) is 0. The third-order valence-corrected chi connectivity index (χ3v) is 0. The molecule has 0 unspecified atom stereocenters. The van der Waals surface area contributed by atoms with Crippen LogP contribution in [-0.2, 0) is 7.31 Å². The summed E-state index contributed by atoms with van der Waals surface area (Å²) in [6.45, 7) is 0. The summed E-state index contributed by atoms with van der Waals surface area (Å²) in [6, 6.07) is 0. The smallest absolute Gasteiger partial charge is 1.00 e. The van der Waals surface area contributed by atoms with Crippen LogP contribution in [0.5, 0.6) is 0 Å². The van der Waals surface area contributed by atoms with Crippen molar-refractivity contribution in [3.63, 3.8) is 0 Å². The molecule has 11 heteroatoms. The van der Waals surface area contributed by atoms with E-state index in [9.17, 15) is 0 Å². The second-order valence-electron chi connectivity index (χ2n) is 0.678. The van der Waals surface area contributed by atoms with E-state index in [0.717, 1.165) is 0 Å². The maximum absolute atomic E-state index is 5.29. The Balaban J connectivity index is -0.0000000300. The third-order valence-electron chi connectivity index (χ3n) is 0. The van der Waals surface area contributed by atoms with Gasteiger partial charge >= 0.3 is 269 Å². The summed E-state index contributed by atoms with van der Waals surface area (Å²) in [5, 5.41) is 0. The SMILES string of the molecule is [Cl][Pt-4]([Cl])([Cl])([Cl])([Cl])[Cl].[K+].[K+].[K+].[K+]. The molecule has 0 rings (SSSR count). The van der Waals surface area contributed by atoms with Gasteiger partial charge in [0.1, 0.15) is 0 Å². The molecule has 0 aromatic rings. The zero-order valence-electron chi connectivity index (χ0n) is 6.58. The van der Waals surface area contributed by atoms with Gasteiger partial charge in [-0.2, -0.15) is 0 Å².